The zero-order chi connectivity index (χ0) is 36.1. The van der Waals surface area contributed by atoms with Gasteiger partial charge in [-0.3, -0.25) is 9.35 Å². The summed E-state index contributed by atoms with van der Waals surface area (Å²) in [5.41, 5.74) is 0. The Kier molecular flexibility index (Phi) is 35.7. The maximum Gasteiger partial charge on any atom is 0.267 e. The molecule has 2 atom stereocenters. The van der Waals surface area contributed by atoms with Crippen LogP contribution >= 0.6 is 0 Å². The van der Waals surface area contributed by atoms with Crippen LogP contribution in [0.3, 0.4) is 0 Å². The molecule has 0 heterocycles. The second-order valence-corrected chi connectivity index (χ2v) is 16.1. The van der Waals surface area contributed by atoms with Crippen LogP contribution in [0.4, 0.5) is 0 Å². The third-order valence-electron chi connectivity index (χ3n) is 9.62. The number of aliphatic hydroxyl groups is 1. The summed E-state index contributed by atoms with van der Waals surface area (Å²) < 4.78 is 32.5. The van der Waals surface area contributed by atoms with Crippen molar-refractivity contribution in [2.24, 2.45) is 0 Å². The van der Waals surface area contributed by atoms with E-state index < -0.39 is 28.0 Å². The van der Waals surface area contributed by atoms with E-state index in [1.165, 1.54) is 154 Å². The van der Waals surface area contributed by atoms with Gasteiger partial charge >= 0.3 is 0 Å². The first kappa shape index (κ1) is 47.8. The molecule has 0 radical (unpaired) electrons. The first-order valence-electron chi connectivity index (χ1n) is 21.0. The molecule has 6 nitrogen and oxygen atoms in total. The lowest BCUT2D eigenvalue weighted by Crippen LogP contribution is -2.46. The van der Waals surface area contributed by atoms with Gasteiger partial charge in [-0.2, -0.15) is 8.42 Å². The Balaban J connectivity index is 3.91. The summed E-state index contributed by atoms with van der Waals surface area (Å²) >= 11 is 0. The molecule has 0 spiro atoms. The van der Waals surface area contributed by atoms with Crippen molar-refractivity contribution in [3.05, 3.63) is 24.3 Å². The minimum absolute atomic E-state index is 0.281. The maximum atomic E-state index is 12.5. The number of allylic oxidation sites excluding steroid dienone is 3. The lowest BCUT2D eigenvalue weighted by Gasteiger charge is -2.21. The number of nitrogens with one attached hydrogen (secondary N) is 1. The van der Waals surface area contributed by atoms with Crippen LogP contribution in [0, 0.1) is 0 Å². The fraction of sp³-hybridized carbons (Fsp3) is 0.881. The summed E-state index contributed by atoms with van der Waals surface area (Å²) in [6.45, 7) is 4.52. The molecule has 0 aliphatic carbocycles. The number of carbonyl (C=O) groups is 1. The molecular weight excluding hydrogens is 631 g/mol. The maximum absolute atomic E-state index is 12.5. The van der Waals surface area contributed by atoms with E-state index in [-0.39, 0.29) is 5.91 Å². The molecule has 290 valence electrons. The highest BCUT2D eigenvalue weighted by Crippen LogP contribution is 2.15. The van der Waals surface area contributed by atoms with Gasteiger partial charge in [0.2, 0.25) is 5.91 Å². The van der Waals surface area contributed by atoms with E-state index in [2.05, 4.69) is 31.3 Å². The first-order valence-corrected chi connectivity index (χ1v) is 22.6. The summed E-state index contributed by atoms with van der Waals surface area (Å²) in [5.74, 6) is -0.978. The lowest BCUT2D eigenvalue weighted by molar-refractivity contribution is -0.122. The van der Waals surface area contributed by atoms with Crippen molar-refractivity contribution >= 4 is 16.0 Å². The second-order valence-electron chi connectivity index (χ2n) is 14.6. The van der Waals surface area contributed by atoms with Gasteiger partial charge in [-0.05, 0) is 44.9 Å². The van der Waals surface area contributed by atoms with Gasteiger partial charge in [-0.25, -0.2) is 0 Å². The molecular formula is C42H81NO5S. The Morgan fingerprint density at radius 2 is 0.857 bits per heavy atom. The smallest absolute Gasteiger partial charge is 0.267 e. The van der Waals surface area contributed by atoms with Crippen LogP contribution in [0.15, 0.2) is 24.3 Å². The van der Waals surface area contributed by atoms with Gasteiger partial charge in [0.25, 0.3) is 10.1 Å². The largest absolute Gasteiger partial charge is 0.387 e. The topological polar surface area (TPSA) is 104 Å². The minimum atomic E-state index is -4.34. The zero-order valence-corrected chi connectivity index (χ0v) is 33.1. The third-order valence-corrected chi connectivity index (χ3v) is 10.4. The van der Waals surface area contributed by atoms with E-state index >= 15 is 0 Å². The lowest BCUT2D eigenvalue weighted by atomic mass is 10.0. The molecule has 0 saturated carbocycles. The molecule has 0 aromatic carbocycles. The van der Waals surface area contributed by atoms with Crippen molar-refractivity contribution in [2.45, 2.75) is 231 Å². The highest BCUT2D eigenvalue weighted by Gasteiger charge is 2.24. The molecule has 0 aliphatic heterocycles. The Hall–Kier alpha value is -1.18. The van der Waals surface area contributed by atoms with Crippen molar-refractivity contribution in [1.82, 2.24) is 5.32 Å². The van der Waals surface area contributed by atoms with Crippen molar-refractivity contribution in [1.29, 1.82) is 0 Å². The van der Waals surface area contributed by atoms with E-state index in [4.69, 9.17) is 0 Å². The molecule has 7 heteroatoms. The molecule has 0 bridgehead atoms. The van der Waals surface area contributed by atoms with E-state index in [1.54, 1.807) is 6.08 Å². The van der Waals surface area contributed by atoms with Crippen LogP contribution in [0.2, 0.25) is 0 Å². The molecule has 49 heavy (non-hydrogen) atoms. The number of unbranched alkanes of at least 4 members (excludes halogenated alkanes) is 28. The van der Waals surface area contributed by atoms with E-state index in [1.807, 2.05) is 6.08 Å². The number of hydrogen-bond donors (Lipinski definition) is 3. The molecule has 3 N–H and O–H groups in total. The average molecular weight is 712 g/mol. The number of hydrogen-bond acceptors (Lipinski definition) is 4. The van der Waals surface area contributed by atoms with E-state index in [0.29, 0.717) is 6.42 Å². The Morgan fingerprint density at radius 3 is 1.22 bits per heavy atom. The molecule has 0 aliphatic rings. The summed E-state index contributed by atoms with van der Waals surface area (Å²) in [6, 6.07) is -1.06. The third kappa shape index (κ3) is 37.9. The summed E-state index contributed by atoms with van der Waals surface area (Å²) in [5, 5.41) is 13.2. The molecule has 0 fully saturated rings. The van der Waals surface area contributed by atoms with Crippen molar-refractivity contribution < 1.29 is 22.9 Å². The number of rotatable bonds is 38. The summed E-state index contributed by atoms with van der Waals surface area (Å²) in [7, 11) is -4.34. The molecule has 0 rings (SSSR count). The van der Waals surface area contributed by atoms with E-state index in [0.717, 1.165) is 44.9 Å². The van der Waals surface area contributed by atoms with Gasteiger partial charge in [0, 0.05) is 6.42 Å². The van der Waals surface area contributed by atoms with Crippen molar-refractivity contribution in [2.75, 3.05) is 5.75 Å². The fourth-order valence-corrected chi connectivity index (χ4v) is 7.18. The SMILES string of the molecule is CCCCCCCC/C=C\CCCCCCCCCC(=O)NC(CS(=O)(=O)O)C(O)/C=C/CCCCCCCCCCCCCCCCC. The normalized spacial score (nSPS) is 13.5. The highest BCUT2D eigenvalue weighted by molar-refractivity contribution is 7.85. The van der Waals surface area contributed by atoms with Gasteiger partial charge in [0.05, 0.1) is 17.9 Å². The molecule has 0 saturated heterocycles. The van der Waals surface area contributed by atoms with E-state index in [9.17, 15) is 22.9 Å². The number of amides is 1. The highest BCUT2D eigenvalue weighted by atomic mass is 32.2. The standard InChI is InChI=1S/C42H81NO5S/c1-3-5-7-9-11-13-15-17-19-21-23-25-27-29-31-33-35-37-41(44)40(39-49(46,47)48)43-42(45)38-36-34-32-30-28-26-24-22-20-18-16-14-12-10-8-6-4-2/h18,20,35,37,40-41,44H,3-17,19,21-34,36,38-39H2,1-2H3,(H,43,45)(H,46,47,48)/b20-18-,37-35+. The summed E-state index contributed by atoms with van der Waals surface area (Å²) in [4.78, 5) is 12.5. The number of aliphatic hydroxyl groups excluding tert-OH is 1. The molecule has 2 unspecified atom stereocenters. The molecule has 1 amide bonds. The van der Waals surface area contributed by atoms with Gasteiger partial charge in [0.1, 0.15) is 0 Å². The Morgan fingerprint density at radius 1 is 0.531 bits per heavy atom. The zero-order valence-electron chi connectivity index (χ0n) is 32.3. The Labute approximate surface area is 304 Å². The van der Waals surface area contributed by atoms with Crippen LogP contribution in [-0.4, -0.2) is 41.9 Å². The fourth-order valence-electron chi connectivity index (χ4n) is 6.44. The first-order chi connectivity index (χ1) is 23.8. The predicted octanol–water partition coefficient (Wildman–Crippen LogP) is 12.4. The van der Waals surface area contributed by atoms with Crippen LogP contribution in [-0.2, 0) is 14.9 Å². The quantitative estimate of drug-likeness (QED) is 0.0336. The van der Waals surface area contributed by atoms with Gasteiger partial charge in [-0.15, -0.1) is 0 Å². The minimum Gasteiger partial charge on any atom is -0.387 e. The molecule has 0 aromatic heterocycles. The average Bonchev–Trinajstić information content (AvgIpc) is 3.06. The van der Waals surface area contributed by atoms with Crippen LogP contribution in [0.1, 0.15) is 219 Å². The predicted molar refractivity (Wildman–Crippen MR) is 212 cm³/mol. The van der Waals surface area contributed by atoms with Crippen molar-refractivity contribution in [3.63, 3.8) is 0 Å². The molecule has 0 aromatic rings. The van der Waals surface area contributed by atoms with Crippen LogP contribution in [0.25, 0.3) is 0 Å². The van der Waals surface area contributed by atoms with Crippen LogP contribution < -0.4 is 5.32 Å². The van der Waals surface area contributed by atoms with Crippen LogP contribution in [0.5, 0.6) is 0 Å². The monoisotopic (exact) mass is 712 g/mol. The van der Waals surface area contributed by atoms with Gasteiger partial charge in [-0.1, -0.05) is 192 Å². The van der Waals surface area contributed by atoms with Crippen molar-refractivity contribution in [3.8, 4) is 0 Å². The van der Waals surface area contributed by atoms with Gasteiger partial charge < -0.3 is 10.4 Å². The Bertz CT molecular complexity index is 872. The summed E-state index contributed by atoms with van der Waals surface area (Å²) in [6.07, 6.45) is 45.9. The van der Waals surface area contributed by atoms with Gasteiger partial charge in [0.15, 0.2) is 0 Å². The second kappa shape index (κ2) is 36.6. The number of carbonyl (C=O) groups excluding carboxylic acids is 1.